The number of hydrogen-bond acceptors (Lipinski definition) is 3. The Hall–Kier alpha value is -1.10. The van der Waals surface area contributed by atoms with Gasteiger partial charge in [0.1, 0.15) is 0 Å². The number of hydrogen-bond donors (Lipinski definition) is 2. The average molecular weight is 282 g/mol. The van der Waals surface area contributed by atoms with Gasteiger partial charge in [-0.3, -0.25) is 4.79 Å². The van der Waals surface area contributed by atoms with Crippen LogP contribution in [0.15, 0.2) is 24.3 Å². The van der Waals surface area contributed by atoms with Crippen LogP contribution >= 0.6 is 11.6 Å². The molecule has 0 atom stereocenters. The maximum absolute atomic E-state index is 11.7. The van der Waals surface area contributed by atoms with Crippen molar-refractivity contribution < 1.29 is 4.79 Å². The molecule has 5 heteroatoms. The van der Waals surface area contributed by atoms with Crippen molar-refractivity contribution in [2.75, 3.05) is 32.0 Å². The zero-order chi connectivity index (χ0) is 13.7. The maximum Gasteiger partial charge on any atom is 0.238 e. The standard InChI is InChI=1S/C14H20ClN3O/c1-18(13-6-7-13)9-8-16-10-14(19)17-12-4-2-11(15)3-5-12/h2-5,13,16H,6-10H2,1H3,(H,17,19). The van der Waals surface area contributed by atoms with E-state index in [9.17, 15) is 4.79 Å². The molecule has 1 aromatic rings. The van der Waals surface area contributed by atoms with Crippen LogP contribution in [0, 0.1) is 0 Å². The zero-order valence-electron chi connectivity index (χ0n) is 11.2. The number of benzene rings is 1. The monoisotopic (exact) mass is 281 g/mol. The Kier molecular flexibility index (Phi) is 5.19. The summed E-state index contributed by atoms with van der Waals surface area (Å²) in [6.45, 7) is 2.15. The summed E-state index contributed by atoms with van der Waals surface area (Å²) in [6.07, 6.45) is 2.63. The summed E-state index contributed by atoms with van der Waals surface area (Å²) >= 11 is 5.78. The molecule has 0 aliphatic heterocycles. The van der Waals surface area contributed by atoms with Gasteiger partial charge in [0.2, 0.25) is 5.91 Å². The van der Waals surface area contributed by atoms with Gasteiger partial charge in [0, 0.05) is 29.8 Å². The molecule has 1 amide bonds. The number of anilines is 1. The lowest BCUT2D eigenvalue weighted by molar-refractivity contribution is -0.115. The van der Waals surface area contributed by atoms with Crippen LogP contribution in [0.4, 0.5) is 5.69 Å². The second kappa shape index (κ2) is 6.89. The number of amides is 1. The number of halogens is 1. The average Bonchev–Trinajstić information content (AvgIpc) is 3.21. The molecule has 2 rings (SSSR count). The summed E-state index contributed by atoms with van der Waals surface area (Å²) in [7, 11) is 2.13. The van der Waals surface area contributed by atoms with Crippen molar-refractivity contribution in [1.82, 2.24) is 10.2 Å². The van der Waals surface area contributed by atoms with Crippen LogP contribution in [0.25, 0.3) is 0 Å². The normalized spacial score (nSPS) is 14.7. The molecule has 1 aromatic carbocycles. The van der Waals surface area contributed by atoms with Gasteiger partial charge in [-0.25, -0.2) is 0 Å². The van der Waals surface area contributed by atoms with Crippen LogP contribution in [0.3, 0.4) is 0 Å². The van der Waals surface area contributed by atoms with E-state index in [1.165, 1.54) is 12.8 Å². The maximum atomic E-state index is 11.7. The van der Waals surface area contributed by atoms with E-state index in [0.717, 1.165) is 24.8 Å². The minimum Gasteiger partial charge on any atom is -0.325 e. The first kappa shape index (κ1) is 14.3. The van der Waals surface area contributed by atoms with Gasteiger partial charge in [-0.2, -0.15) is 0 Å². The van der Waals surface area contributed by atoms with E-state index >= 15 is 0 Å². The Morgan fingerprint density at radius 1 is 1.37 bits per heavy atom. The lowest BCUT2D eigenvalue weighted by atomic mass is 10.3. The number of likely N-dealkylation sites (N-methyl/N-ethyl adjacent to an activating group) is 1. The molecule has 4 nitrogen and oxygen atoms in total. The molecule has 1 aliphatic carbocycles. The molecular formula is C14H20ClN3O. The van der Waals surface area contributed by atoms with Gasteiger partial charge in [-0.05, 0) is 44.2 Å². The summed E-state index contributed by atoms with van der Waals surface area (Å²) in [5.41, 5.74) is 0.770. The van der Waals surface area contributed by atoms with Crippen molar-refractivity contribution in [2.24, 2.45) is 0 Å². The molecule has 1 saturated carbocycles. The van der Waals surface area contributed by atoms with Gasteiger partial charge in [0.25, 0.3) is 0 Å². The molecule has 0 aromatic heterocycles. The van der Waals surface area contributed by atoms with Gasteiger partial charge in [0.05, 0.1) is 6.54 Å². The highest BCUT2D eigenvalue weighted by molar-refractivity contribution is 6.30. The Balaban J connectivity index is 1.60. The molecule has 0 heterocycles. The van der Waals surface area contributed by atoms with Crippen LogP contribution in [0.5, 0.6) is 0 Å². The smallest absolute Gasteiger partial charge is 0.238 e. The van der Waals surface area contributed by atoms with Gasteiger partial charge in [0.15, 0.2) is 0 Å². The molecule has 1 aliphatic rings. The Morgan fingerprint density at radius 2 is 2.05 bits per heavy atom. The summed E-state index contributed by atoms with van der Waals surface area (Å²) in [4.78, 5) is 14.0. The van der Waals surface area contributed by atoms with Gasteiger partial charge in [-0.15, -0.1) is 0 Å². The number of nitrogens with one attached hydrogen (secondary N) is 2. The van der Waals surface area contributed by atoms with Crippen LogP contribution in [0.2, 0.25) is 5.02 Å². The molecular weight excluding hydrogens is 262 g/mol. The Morgan fingerprint density at radius 3 is 2.68 bits per heavy atom. The summed E-state index contributed by atoms with van der Waals surface area (Å²) < 4.78 is 0. The van der Waals surface area contributed by atoms with Gasteiger partial charge < -0.3 is 15.5 Å². The van der Waals surface area contributed by atoms with Crippen molar-refractivity contribution in [2.45, 2.75) is 18.9 Å². The third-order valence-corrected chi connectivity index (χ3v) is 3.48. The zero-order valence-corrected chi connectivity index (χ0v) is 11.9. The second-order valence-electron chi connectivity index (χ2n) is 4.94. The van der Waals surface area contributed by atoms with E-state index in [2.05, 4.69) is 22.6 Å². The molecule has 0 spiro atoms. The molecule has 19 heavy (non-hydrogen) atoms. The van der Waals surface area contributed by atoms with Gasteiger partial charge in [-0.1, -0.05) is 11.6 Å². The first-order valence-electron chi connectivity index (χ1n) is 6.61. The van der Waals surface area contributed by atoms with Crippen molar-refractivity contribution in [3.05, 3.63) is 29.3 Å². The Bertz CT molecular complexity index is 417. The molecule has 0 bridgehead atoms. The highest BCUT2D eigenvalue weighted by Gasteiger charge is 2.25. The minimum atomic E-state index is -0.0311. The number of carbonyl (C=O) groups is 1. The number of nitrogens with zero attached hydrogens (tertiary/aromatic N) is 1. The molecule has 0 unspecified atom stereocenters. The highest BCUT2D eigenvalue weighted by atomic mass is 35.5. The fourth-order valence-corrected chi connectivity index (χ4v) is 2.02. The van der Waals surface area contributed by atoms with E-state index in [1.807, 2.05) is 0 Å². The van der Waals surface area contributed by atoms with E-state index < -0.39 is 0 Å². The van der Waals surface area contributed by atoms with E-state index in [4.69, 9.17) is 11.6 Å². The van der Waals surface area contributed by atoms with Crippen LogP contribution in [0.1, 0.15) is 12.8 Å². The molecule has 0 saturated heterocycles. The van der Waals surface area contributed by atoms with Crippen LogP contribution in [-0.4, -0.2) is 43.5 Å². The van der Waals surface area contributed by atoms with Crippen molar-refractivity contribution in [3.63, 3.8) is 0 Å². The lowest BCUT2D eigenvalue weighted by Crippen LogP contribution is -2.35. The molecule has 0 radical (unpaired) electrons. The largest absolute Gasteiger partial charge is 0.325 e. The summed E-state index contributed by atoms with van der Waals surface area (Å²) in [5, 5.41) is 6.64. The van der Waals surface area contributed by atoms with Crippen molar-refractivity contribution >= 4 is 23.2 Å². The van der Waals surface area contributed by atoms with Crippen LogP contribution in [-0.2, 0) is 4.79 Å². The lowest BCUT2D eigenvalue weighted by Gasteiger charge is -2.15. The van der Waals surface area contributed by atoms with Crippen molar-refractivity contribution in [3.8, 4) is 0 Å². The fraction of sp³-hybridized carbons (Fsp3) is 0.500. The van der Waals surface area contributed by atoms with E-state index in [0.29, 0.717) is 11.6 Å². The predicted molar refractivity (Wildman–Crippen MR) is 78.6 cm³/mol. The molecule has 2 N–H and O–H groups in total. The van der Waals surface area contributed by atoms with Crippen molar-refractivity contribution in [1.29, 1.82) is 0 Å². The van der Waals surface area contributed by atoms with E-state index in [-0.39, 0.29) is 5.91 Å². The topological polar surface area (TPSA) is 44.4 Å². The second-order valence-corrected chi connectivity index (χ2v) is 5.38. The summed E-state index contributed by atoms with van der Waals surface area (Å²) in [6, 6.07) is 7.87. The Labute approximate surface area is 119 Å². The molecule has 1 fully saturated rings. The van der Waals surface area contributed by atoms with E-state index in [1.54, 1.807) is 24.3 Å². The quantitative estimate of drug-likeness (QED) is 0.751. The SMILES string of the molecule is CN(CCNCC(=O)Nc1ccc(Cl)cc1)C1CC1. The predicted octanol–water partition coefficient (Wildman–Crippen LogP) is 1.96. The minimum absolute atomic E-state index is 0.0311. The summed E-state index contributed by atoms with van der Waals surface area (Å²) in [5.74, 6) is -0.0311. The van der Waals surface area contributed by atoms with Crippen LogP contribution < -0.4 is 10.6 Å². The highest BCUT2D eigenvalue weighted by Crippen LogP contribution is 2.24. The number of carbonyl (C=O) groups excluding carboxylic acids is 1. The third kappa shape index (κ3) is 5.19. The molecule has 104 valence electrons. The van der Waals surface area contributed by atoms with Gasteiger partial charge >= 0.3 is 0 Å². The first-order valence-corrected chi connectivity index (χ1v) is 6.99. The first-order chi connectivity index (χ1) is 9.15. The number of rotatable bonds is 7. The fourth-order valence-electron chi connectivity index (χ4n) is 1.89. The third-order valence-electron chi connectivity index (χ3n) is 3.23.